The lowest BCUT2D eigenvalue weighted by atomic mass is 9.83. The average molecular weight is 293 g/mol. The molecule has 0 N–H and O–H groups in total. The van der Waals surface area contributed by atoms with Gasteiger partial charge in [0.2, 0.25) is 0 Å². The third-order valence-corrected chi connectivity index (χ3v) is 4.29. The van der Waals surface area contributed by atoms with Crippen molar-refractivity contribution in [2.45, 2.75) is 0 Å². The first-order chi connectivity index (χ1) is 10.7. The summed E-state index contributed by atoms with van der Waals surface area (Å²) < 4.78 is 0. The van der Waals surface area contributed by atoms with Crippen molar-refractivity contribution in [2.75, 3.05) is 20.1 Å². The number of carbonyl (C=O) groups is 2. The summed E-state index contributed by atoms with van der Waals surface area (Å²) >= 11 is 0. The Morgan fingerprint density at radius 1 is 0.773 bits per heavy atom. The molecule has 0 bridgehead atoms. The lowest BCUT2D eigenvalue weighted by Crippen LogP contribution is -2.29. The van der Waals surface area contributed by atoms with Gasteiger partial charge in [0, 0.05) is 36.1 Å². The molecule has 2 aromatic rings. The van der Waals surface area contributed by atoms with Gasteiger partial charge in [-0.1, -0.05) is 60.7 Å². The molecule has 3 heteroatoms. The highest BCUT2D eigenvalue weighted by Gasteiger charge is 2.40. The number of benzene rings is 2. The second kappa shape index (κ2) is 6.24. The predicted octanol–water partition coefficient (Wildman–Crippen LogP) is 2.93. The number of hydrogen-bond donors (Lipinski definition) is 0. The fourth-order valence-electron chi connectivity index (χ4n) is 3.16. The first-order valence-corrected chi connectivity index (χ1v) is 7.54. The molecular formula is C19H19NO2. The zero-order chi connectivity index (χ0) is 15.5. The molecular weight excluding hydrogens is 274 g/mol. The third kappa shape index (κ3) is 2.85. The number of likely N-dealkylation sites (tertiary alicyclic amines) is 1. The maximum atomic E-state index is 12.8. The van der Waals surface area contributed by atoms with E-state index < -0.39 is 0 Å². The molecule has 0 radical (unpaired) electrons. The minimum Gasteiger partial charge on any atom is -0.305 e. The van der Waals surface area contributed by atoms with Gasteiger partial charge in [-0.15, -0.1) is 0 Å². The molecule has 0 amide bonds. The van der Waals surface area contributed by atoms with Crippen LogP contribution in [0.1, 0.15) is 20.7 Å². The van der Waals surface area contributed by atoms with E-state index in [1.807, 2.05) is 67.7 Å². The van der Waals surface area contributed by atoms with Crippen molar-refractivity contribution in [2.24, 2.45) is 11.8 Å². The Morgan fingerprint density at radius 2 is 1.14 bits per heavy atom. The van der Waals surface area contributed by atoms with E-state index in [1.165, 1.54) is 0 Å². The topological polar surface area (TPSA) is 37.4 Å². The summed E-state index contributed by atoms with van der Waals surface area (Å²) in [5, 5.41) is 0. The van der Waals surface area contributed by atoms with Crippen LogP contribution in [0.25, 0.3) is 0 Å². The Hall–Kier alpha value is -2.26. The van der Waals surface area contributed by atoms with E-state index in [0.717, 1.165) is 0 Å². The van der Waals surface area contributed by atoms with Crippen LogP contribution in [0.3, 0.4) is 0 Å². The van der Waals surface area contributed by atoms with Crippen molar-refractivity contribution in [3.63, 3.8) is 0 Å². The lowest BCUT2D eigenvalue weighted by molar-refractivity contribution is 0.0809. The summed E-state index contributed by atoms with van der Waals surface area (Å²) in [7, 11) is 1.96. The molecule has 22 heavy (non-hydrogen) atoms. The van der Waals surface area contributed by atoms with Crippen LogP contribution >= 0.6 is 0 Å². The van der Waals surface area contributed by atoms with Crippen LogP contribution in [-0.2, 0) is 0 Å². The van der Waals surface area contributed by atoms with Crippen LogP contribution in [0.15, 0.2) is 60.7 Å². The van der Waals surface area contributed by atoms with E-state index in [1.54, 1.807) is 0 Å². The first kappa shape index (κ1) is 14.7. The maximum Gasteiger partial charge on any atom is 0.168 e. The molecule has 3 nitrogen and oxygen atoms in total. The summed E-state index contributed by atoms with van der Waals surface area (Å²) in [6.45, 7) is 1.27. The quantitative estimate of drug-likeness (QED) is 0.813. The van der Waals surface area contributed by atoms with Crippen LogP contribution in [0.5, 0.6) is 0 Å². The number of hydrogen-bond acceptors (Lipinski definition) is 3. The van der Waals surface area contributed by atoms with Gasteiger partial charge in [0.15, 0.2) is 11.6 Å². The molecule has 0 saturated carbocycles. The molecule has 1 aliphatic rings. The molecule has 0 aliphatic carbocycles. The largest absolute Gasteiger partial charge is 0.305 e. The van der Waals surface area contributed by atoms with Crippen molar-refractivity contribution in [3.05, 3.63) is 71.8 Å². The Morgan fingerprint density at radius 3 is 1.50 bits per heavy atom. The van der Waals surface area contributed by atoms with Crippen molar-refractivity contribution in [1.82, 2.24) is 4.90 Å². The summed E-state index contributed by atoms with van der Waals surface area (Å²) in [4.78, 5) is 27.6. The van der Waals surface area contributed by atoms with Crippen LogP contribution < -0.4 is 0 Å². The standard InChI is InChI=1S/C19H19NO2/c1-20-12-16(18(21)14-8-4-2-5-9-14)17(13-20)19(22)15-10-6-3-7-11-15/h2-11,16-17H,12-13H2,1H3/t16-,17-/m1/s1. The van der Waals surface area contributed by atoms with E-state index >= 15 is 0 Å². The minimum absolute atomic E-state index is 0.0687. The fourth-order valence-corrected chi connectivity index (χ4v) is 3.16. The van der Waals surface area contributed by atoms with Crippen LogP contribution in [0, 0.1) is 11.8 Å². The zero-order valence-electron chi connectivity index (χ0n) is 12.6. The highest BCUT2D eigenvalue weighted by atomic mass is 16.1. The summed E-state index contributed by atoms with van der Waals surface area (Å²) in [6.07, 6.45) is 0. The Balaban J connectivity index is 1.87. The molecule has 2 atom stereocenters. The first-order valence-electron chi connectivity index (χ1n) is 7.54. The van der Waals surface area contributed by atoms with Gasteiger partial charge >= 0.3 is 0 Å². The van der Waals surface area contributed by atoms with Crippen molar-refractivity contribution in [3.8, 4) is 0 Å². The van der Waals surface area contributed by atoms with Crippen LogP contribution in [0.2, 0.25) is 0 Å². The number of ketones is 2. The zero-order valence-corrected chi connectivity index (χ0v) is 12.6. The van der Waals surface area contributed by atoms with Crippen molar-refractivity contribution in [1.29, 1.82) is 0 Å². The highest BCUT2D eigenvalue weighted by molar-refractivity contribution is 6.05. The Labute approximate surface area is 130 Å². The highest BCUT2D eigenvalue weighted by Crippen LogP contribution is 2.29. The second-order valence-corrected chi connectivity index (χ2v) is 5.89. The molecule has 1 saturated heterocycles. The minimum atomic E-state index is -0.264. The van der Waals surface area contributed by atoms with Crippen molar-refractivity contribution < 1.29 is 9.59 Å². The van der Waals surface area contributed by atoms with Gasteiger partial charge in [-0.05, 0) is 7.05 Å². The summed E-state index contributed by atoms with van der Waals surface area (Å²) in [5.74, 6) is -0.390. The molecule has 112 valence electrons. The molecule has 1 heterocycles. The van der Waals surface area contributed by atoms with Gasteiger partial charge in [0.25, 0.3) is 0 Å². The molecule has 3 rings (SSSR count). The monoisotopic (exact) mass is 293 g/mol. The maximum absolute atomic E-state index is 12.8. The van der Waals surface area contributed by atoms with E-state index in [4.69, 9.17) is 0 Å². The second-order valence-electron chi connectivity index (χ2n) is 5.89. The van der Waals surface area contributed by atoms with E-state index in [9.17, 15) is 9.59 Å². The number of rotatable bonds is 4. The van der Waals surface area contributed by atoms with Gasteiger partial charge in [-0.2, -0.15) is 0 Å². The number of carbonyl (C=O) groups excluding carboxylic acids is 2. The predicted molar refractivity (Wildman–Crippen MR) is 86.0 cm³/mol. The number of Topliss-reactive ketones (excluding diaryl/α,β-unsaturated/α-hetero) is 2. The van der Waals surface area contributed by atoms with Crippen LogP contribution in [-0.4, -0.2) is 36.6 Å². The Kier molecular flexibility index (Phi) is 4.16. The summed E-state index contributed by atoms with van der Waals surface area (Å²) in [5.41, 5.74) is 1.38. The van der Waals surface area contributed by atoms with Crippen LogP contribution in [0.4, 0.5) is 0 Å². The molecule has 2 aromatic carbocycles. The molecule has 0 aromatic heterocycles. The van der Waals surface area contributed by atoms with Crippen molar-refractivity contribution >= 4 is 11.6 Å². The van der Waals surface area contributed by atoms with E-state index in [2.05, 4.69) is 4.90 Å². The molecule has 0 unspecified atom stereocenters. The van der Waals surface area contributed by atoms with Gasteiger partial charge < -0.3 is 4.90 Å². The normalized spacial score (nSPS) is 21.7. The number of nitrogens with zero attached hydrogens (tertiary/aromatic N) is 1. The molecule has 1 fully saturated rings. The van der Waals surface area contributed by atoms with E-state index in [0.29, 0.717) is 24.2 Å². The summed E-state index contributed by atoms with van der Waals surface area (Å²) in [6, 6.07) is 18.5. The molecule has 0 spiro atoms. The van der Waals surface area contributed by atoms with Gasteiger partial charge in [0.1, 0.15) is 0 Å². The van der Waals surface area contributed by atoms with Gasteiger partial charge in [-0.3, -0.25) is 9.59 Å². The average Bonchev–Trinajstić information content (AvgIpc) is 2.97. The SMILES string of the molecule is CN1C[C@@H](C(=O)c2ccccc2)[C@H](C(=O)c2ccccc2)C1. The molecule has 1 aliphatic heterocycles. The van der Waals surface area contributed by atoms with Gasteiger partial charge in [-0.25, -0.2) is 0 Å². The lowest BCUT2D eigenvalue weighted by Gasteiger charge is -2.16. The third-order valence-electron chi connectivity index (χ3n) is 4.29. The fraction of sp³-hybridized carbons (Fsp3) is 0.263. The van der Waals surface area contributed by atoms with E-state index in [-0.39, 0.29) is 23.4 Å². The smallest absolute Gasteiger partial charge is 0.168 e. The Bertz CT molecular complexity index is 607. The van der Waals surface area contributed by atoms with Gasteiger partial charge in [0.05, 0.1) is 0 Å².